The van der Waals surface area contributed by atoms with Crippen molar-refractivity contribution in [1.29, 1.82) is 0 Å². The molecule has 0 bridgehead atoms. The van der Waals surface area contributed by atoms with Gasteiger partial charge in [0, 0.05) is 27.2 Å². The van der Waals surface area contributed by atoms with Gasteiger partial charge in [-0.25, -0.2) is 0 Å². The van der Waals surface area contributed by atoms with Gasteiger partial charge in [-0.05, 0) is 30.5 Å². The molecule has 3 nitrogen and oxygen atoms in total. The molecule has 0 aromatic carbocycles. The zero-order valence-electron chi connectivity index (χ0n) is 10.1. The highest BCUT2D eigenvalue weighted by atomic mass is 32.1. The first-order valence-corrected chi connectivity index (χ1v) is 7.41. The third kappa shape index (κ3) is 3.66. The minimum Gasteiger partial charge on any atom is -0.481 e. The first kappa shape index (κ1) is 13.3. The monoisotopic (exact) mass is 281 g/mol. The highest BCUT2D eigenvalue weighted by Crippen LogP contribution is 2.21. The summed E-state index contributed by atoms with van der Waals surface area (Å²) in [5.74, 6) is -0.775. The number of rotatable bonds is 6. The maximum Gasteiger partial charge on any atom is 0.308 e. The van der Waals surface area contributed by atoms with E-state index in [9.17, 15) is 4.79 Å². The molecule has 1 unspecified atom stereocenters. The van der Waals surface area contributed by atoms with E-state index in [0.29, 0.717) is 6.04 Å². The Morgan fingerprint density at radius 2 is 2.17 bits per heavy atom. The van der Waals surface area contributed by atoms with Crippen LogP contribution in [0.2, 0.25) is 0 Å². The minimum absolute atomic E-state index is 0.116. The Kier molecular flexibility index (Phi) is 4.52. The zero-order valence-corrected chi connectivity index (χ0v) is 11.7. The molecule has 2 N–H and O–H groups in total. The first-order chi connectivity index (χ1) is 8.65. The molecule has 0 saturated carbocycles. The van der Waals surface area contributed by atoms with E-state index in [0.717, 1.165) is 11.4 Å². The molecule has 5 heteroatoms. The van der Waals surface area contributed by atoms with Crippen LogP contribution < -0.4 is 5.32 Å². The molecule has 2 aromatic rings. The van der Waals surface area contributed by atoms with Gasteiger partial charge in [0.05, 0.1) is 6.42 Å². The number of hydrogen-bond donors (Lipinski definition) is 2. The average Bonchev–Trinajstić information content (AvgIpc) is 2.95. The van der Waals surface area contributed by atoms with Crippen LogP contribution in [0.25, 0.3) is 0 Å². The van der Waals surface area contributed by atoms with Crippen LogP contribution >= 0.6 is 22.7 Å². The lowest BCUT2D eigenvalue weighted by molar-refractivity contribution is -0.136. The van der Waals surface area contributed by atoms with Crippen molar-refractivity contribution in [3.63, 3.8) is 0 Å². The van der Waals surface area contributed by atoms with Gasteiger partial charge in [0.1, 0.15) is 0 Å². The Labute approximate surface area is 114 Å². The fourth-order valence-electron chi connectivity index (χ4n) is 1.65. The molecule has 0 amide bonds. The quantitative estimate of drug-likeness (QED) is 0.854. The largest absolute Gasteiger partial charge is 0.481 e. The number of thiophene rings is 2. The van der Waals surface area contributed by atoms with Crippen LogP contribution in [0.4, 0.5) is 0 Å². The van der Waals surface area contributed by atoms with Crippen molar-refractivity contribution in [2.24, 2.45) is 0 Å². The molecule has 1 atom stereocenters. The van der Waals surface area contributed by atoms with Gasteiger partial charge < -0.3 is 10.4 Å². The van der Waals surface area contributed by atoms with Gasteiger partial charge in [0.2, 0.25) is 0 Å². The molecular weight excluding hydrogens is 266 g/mol. The Bertz CT molecular complexity index is 505. The van der Waals surface area contributed by atoms with Gasteiger partial charge in [-0.3, -0.25) is 4.79 Å². The molecular formula is C13H15NO2S2. The topological polar surface area (TPSA) is 49.3 Å². The summed E-state index contributed by atoms with van der Waals surface area (Å²) >= 11 is 3.30. The molecule has 0 fully saturated rings. The highest BCUT2D eigenvalue weighted by molar-refractivity contribution is 7.12. The molecule has 0 aliphatic carbocycles. The third-order valence-corrected chi connectivity index (χ3v) is 4.74. The Morgan fingerprint density at radius 3 is 2.83 bits per heavy atom. The fraction of sp³-hybridized carbons (Fsp3) is 0.308. The molecule has 0 radical (unpaired) electrons. The Morgan fingerprint density at radius 1 is 1.39 bits per heavy atom. The van der Waals surface area contributed by atoms with Crippen LogP contribution in [0.15, 0.2) is 29.6 Å². The lowest BCUT2D eigenvalue weighted by Gasteiger charge is -2.10. The van der Waals surface area contributed by atoms with Crippen molar-refractivity contribution < 1.29 is 9.90 Å². The molecule has 18 heavy (non-hydrogen) atoms. The zero-order chi connectivity index (χ0) is 13.0. The maximum absolute atomic E-state index is 10.6. The van der Waals surface area contributed by atoms with Crippen LogP contribution in [0.1, 0.15) is 27.6 Å². The Hall–Kier alpha value is -1.17. The number of nitrogens with one attached hydrogen (secondary N) is 1. The standard InChI is InChI=1S/C13H15NO2S2/c1-9(12-3-2-6-17-12)14-8-11-5-4-10(18-11)7-13(15)16/h2-6,9,14H,7-8H2,1H3,(H,15,16). The van der Waals surface area contributed by atoms with E-state index >= 15 is 0 Å². The summed E-state index contributed by atoms with van der Waals surface area (Å²) in [6, 6.07) is 8.39. The smallest absolute Gasteiger partial charge is 0.308 e. The summed E-state index contributed by atoms with van der Waals surface area (Å²) in [7, 11) is 0. The summed E-state index contributed by atoms with van der Waals surface area (Å²) in [5, 5.41) is 14.2. The van der Waals surface area contributed by atoms with Crippen molar-refractivity contribution in [3.05, 3.63) is 44.3 Å². The number of carboxylic acid groups (broad SMARTS) is 1. The van der Waals surface area contributed by atoms with E-state index in [1.54, 1.807) is 22.7 Å². The first-order valence-electron chi connectivity index (χ1n) is 5.71. The van der Waals surface area contributed by atoms with Crippen molar-refractivity contribution >= 4 is 28.6 Å². The molecule has 0 aliphatic rings. The molecule has 96 valence electrons. The summed E-state index contributed by atoms with van der Waals surface area (Å²) in [5.41, 5.74) is 0. The van der Waals surface area contributed by atoms with E-state index in [1.165, 1.54) is 9.75 Å². The Balaban J connectivity index is 1.86. The van der Waals surface area contributed by atoms with Gasteiger partial charge in [-0.15, -0.1) is 22.7 Å². The van der Waals surface area contributed by atoms with Crippen LogP contribution in [-0.4, -0.2) is 11.1 Å². The number of aliphatic carboxylic acids is 1. The van der Waals surface area contributed by atoms with Gasteiger partial charge in [0.25, 0.3) is 0 Å². The minimum atomic E-state index is -0.775. The van der Waals surface area contributed by atoms with E-state index in [1.807, 2.05) is 18.2 Å². The van der Waals surface area contributed by atoms with Crippen LogP contribution in [0.3, 0.4) is 0 Å². The van der Waals surface area contributed by atoms with Crippen LogP contribution in [-0.2, 0) is 17.8 Å². The van der Waals surface area contributed by atoms with Crippen molar-refractivity contribution in [3.8, 4) is 0 Å². The van der Waals surface area contributed by atoms with E-state index in [-0.39, 0.29) is 6.42 Å². The predicted molar refractivity (Wildman–Crippen MR) is 75.2 cm³/mol. The van der Waals surface area contributed by atoms with Crippen molar-refractivity contribution in [2.75, 3.05) is 0 Å². The second-order valence-electron chi connectivity index (χ2n) is 4.06. The van der Waals surface area contributed by atoms with Gasteiger partial charge >= 0.3 is 5.97 Å². The molecule has 2 aromatic heterocycles. The van der Waals surface area contributed by atoms with E-state index < -0.39 is 5.97 Å². The summed E-state index contributed by atoms with van der Waals surface area (Å²) in [6.07, 6.45) is 0.116. The van der Waals surface area contributed by atoms with E-state index in [2.05, 4.69) is 23.7 Å². The van der Waals surface area contributed by atoms with Gasteiger partial charge in [-0.2, -0.15) is 0 Å². The van der Waals surface area contributed by atoms with Crippen molar-refractivity contribution in [1.82, 2.24) is 5.32 Å². The van der Waals surface area contributed by atoms with Gasteiger partial charge in [0.15, 0.2) is 0 Å². The molecule has 2 heterocycles. The maximum atomic E-state index is 10.6. The number of hydrogen-bond acceptors (Lipinski definition) is 4. The molecule has 0 saturated heterocycles. The predicted octanol–water partition coefficient (Wildman–Crippen LogP) is 3.29. The van der Waals surface area contributed by atoms with E-state index in [4.69, 9.17) is 5.11 Å². The fourth-order valence-corrected chi connectivity index (χ4v) is 3.37. The highest BCUT2D eigenvalue weighted by Gasteiger charge is 2.08. The number of carbonyl (C=O) groups is 1. The van der Waals surface area contributed by atoms with Crippen molar-refractivity contribution in [2.45, 2.75) is 25.9 Å². The molecule has 0 aliphatic heterocycles. The lowest BCUT2D eigenvalue weighted by atomic mass is 10.2. The summed E-state index contributed by atoms with van der Waals surface area (Å²) in [4.78, 5) is 14.0. The summed E-state index contributed by atoms with van der Waals surface area (Å²) < 4.78 is 0. The molecule has 2 rings (SSSR count). The third-order valence-electron chi connectivity index (χ3n) is 2.60. The lowest BCUT2D eigenvalue weighted by Crippen LogP contribution is -2.16. The van der Waals surface area contributed by atoms with Crippen LogP contribution in [0.5, 0.6) is 0 Å². The second kappa shape index (κ2) is 6.13. The van der Waals surface area contributed by atoms with Crippen LogP contribution in [0, 0.1) is 0 Å². The normalized spacial score (nSPS) is 12.5. The summed E-state index contributed by atoms with van der Waals surface area (Å²) in [6.45, 7) is 2.92. The molecule has 0 spiro atoms. The average molecular weight is 281 g/mol. The number of carboxylic acids is 1. The SMILES string of the molecule is CC(NCc1ccc(CC(=O)O)s1)c1cccs1. The second-order valence-corrected chi connectivity index (χ2v) is 6.29. The van der Waals surface area contributed by atoms with Gasteiger partial charge in [-0.1, -0.05) is 6.07 Å².